The quantitative estimate of drug-likeness (QED) is 0.433. The fourth-order valence-corrected chi connectivity index (χ4v) is 5.14. The summed E-state index contributed by atoms with van der Waals surface area (Å²) in [6.07, 6.45) is 0. The highest BCUT2D eigenvalue weighted by atomic mass is 35.5. The lowest BCUT2D eigenvalue weighted by atomic mass is 10.1. The second kappa shape index (κ2) is 13.0. The van der Waals surface area contributed by atoms with E-state index in [-0.39, 0.29) is 18.4 Å². The largest absolute Gasteiger partial charge is 0.354 e. The summed E-state index contributed by atoms with van der Waals surface area (Å²) in [5.74, 6) is -0.679. The van der Waals surface area contributed by atoms with Gasteiger partial charge in [0.15, 0.2) is 0 Å². The van der Waals surface area contributed by atoms with E-state index in [0.717, 1.165) is 14.2 Å². The molecule has 0 radical (unpaired) electrons. The average molecular weight is 572 g/mol. The molecule has 0 aromatic heterocycles. The molecule has 2 amide bonds. The van der Waals surface area contributed by atoms with Gasteiger partial charge in [-0.1, -0.05) is 55.2 Å². The van der Waals surface area contributed by atoms with Crippen LogP contribution < -0.4 is 9.62 Å². The van der Waals surface area contributed by atoms with Crippen molar-refractivity contribution in [2.45, 2.75) is 47.2 Å². The predicted molar refractivity (Wildman–Crippen MR) is 150 cm³/mol. The van der Waals surface area contributed by atoms with Gasteiger partial charge < -0.3 is 10.2 Å². The third kappa shape index (κ3) is 8.07. The van der Waals surface area contributed by atoms with E-state index in [9.17, 15) is 18.0 Å². The van der Waals surface area contributed by atoms with E-state index in [4.69, 9.17) is 23.2 Å². The molecule has 0 fully saturated rings. The molecule has 0 aliphatic heterocycles. The minimum absolute atomic E-state index is 0.00620. The molecule has 37 heavy (non-hydrogen) atoms. The Hall–Kier alpha value is -2.33. The van der Waals surface area contributed by atoms with Crippen molar-refractivity contribution in [3.63, 3.8) is 0 Å². The van der Waals surface area contributed by atoms with Crippen molar-refractivity contribution in [1.29, 1.82) is 0 Å². The molecule has 204 valence electrons. The average Bonchev–Trinajstić information content (AvgIpc) is 2.81. The van der Waals surface area contributed by atoms with E-state index in [2.05, 4.69) is 5.32 Å². The minimum atomic E-state index is -4.04. The number of carbonyl (C=O) groups is 2. The fourth-order valence-electron chi connectivity index (χ4n) is 3.56. The summed E-state index contributed by atoms with van der Waals surface area (Å²) in [5.41, 5.74) is 2.51. The van der Waals surface area contributed by atoms with E-state index in [1.54, 1.807) is 44.2 Å². The van der Waals surface area contributed by atoms with Gasteiger partial charge in [0.2, 0.25) is 11.8 Å². The van der Waals surface area contributed by atoms with Gasteiger partial charge in [0, 0.05) is 37.2 Å². The molecule has 0 aliphatic rings. The molecule has 0 bridgehead atoms. The van der Waals surface area contributed by atoms with Gasteiger partial charge in [0.25, 0.3) is 0 Å². The number of nitrogens with zero attached hydrogens (tertiary/aromatic N) is 3. The number of hydrogen-bond donors (Lipinski definition) is 1. The summed E-state index contributed by atoms with van der Waals surface area (Å²) >= 11 is 12.4. The highest BCUT2D eigenvalue weighted by Gasteiger charge is 2.33. The molecule has 0 spiro atoms. The van der Waals surface area contributed by atoms with Crippen LogP contribution in [-0.2, 0) is 26.3 Å². The van der Waals surface area contributed by atoms with E-state index in [1.165, 1.54) is 19.0 Å². The fraction of sp³-hybridized carbons (Fsp3) is 0.462. The second-order valence-electron chi connectivity index (χ2n) is 9.66. The maximum absolute atomic E-state index is 13.8. The Labute approximate surface area is 230 Å². The van der Waals surface area contributed by atoms with E-state index in [0.29, 0.717) is 33.4 Å². The van der Waals surface area contributed by atoms with Crippen LogP contribution in [0.2, 0.25) is 10.0 Å². The molecule has 2 rings (SSSR count). The van der Waals surface area contributed by atoms with Gasteiger partial charge in [-0.05, 0) is 61.6 Å². The smallest absolute Gasteiger partial charge is 0.304 e. The van der Waals surface area contributed by atoms with Gasteiger partial charge in [0.1, 0.15) is 12.6 Å². The molecule has 0 heterocycles. The Kier molecular flexibility index (Phi) is 10.8. The summed E-state index contributed by atoms with van der Waals surface area (Å²) in [7, 11) is -1.22. The molecule has 0 saturated carbocycles. The zero-order chi connectivity index (χ0) is 28.1. The number of nitrogens with one attached hydrogen (secondary N) is 1. The van der Waals surface area contributed by atoms with Crippen LogP contribution in [0.15, 0.2) is 36.4 Å². The van der Waals surface area contributed by atoms with E-state index in [1.807, 2.05) is 26.8 Å². The second-order valence-corrected chi connectivity index (χ2v) is 12.6. The van der Waals surface area contributed by atoms with Crippen molar-refractivity contribution in [2.24, 2.45) is 5.92 Å². The first-order valence-corrected chi connectivity index (χ1v) is 14.1. The Morgan fingerprint density at radius 2 is 1.65 bits per heavy atom. The third-order valence-electron chi connectivity index (χ3n) is 5.86. The van der Waals surface area contributed by atoms with Crippen LogP contribution in [0.3, 0.4) is 0 Å². The molecule has 0 unspecified atom stereocenters. The molecule has 0 aliphatic carbocycles. The Morgan fingerprint density at radius 1 is 1.00 bits per heavy atom. The van der Waals surface area contributed by atoms with Crippen molar-refractivity contribution in [3.8, 4) is 0 Å². The summed E-state index contributed by atoms with van der Waals surface area (Å²) in [5, 5.41) is 3.63. The van der Waals surface area contributed by atoms with Crippen molar-refractivity contribution in [2.75, 3.05) is 31.5 Å². The van der Waals surface area contributed by atoms with Crippen LogP contribution in [-0.4, -0.2) is 62.7 Å². The van der Waals surface area contributed by atoms with Crippen molar-refractivity contribution >= 4 is 50.9 Å². The first-order chi connectivity index (χ1) is 17.1. The Bertz CT molecular complexity index is 1240. The maximum atomic E-state index is 13.8. The minimum Gasteiger partial charge on any atom is -0.354 e. The Morgan fingerprint density at radius 3 is 2.22 bits per heavy atom. The summed E-state index contributed by atoms with van der Waals surface area (Å²) in [6, 6.07) is 9.40. The number of aryl methyl sites for hydroxylation is 2. The molecule has 2 aromatic carbocycles. The standard InChI is InChI=1S/C26H36Cl2N4O4S/c1-17(2)14-29-26(34)20(5)31(15-21-10-11-22(27)13-23(21)28)25(33)16-32(37(35,36)30(6)7)24-12-18(3)8-9-19(24)4/h8-13,17,20H,14-16H2,1-7H3,(H,29,34)/t20-/m0/s1. The number of benzene rings is 2. The van der Waals surface area contributed by atoms with Crippen LogP contribution in [0.25, 0.3) is 0 Å². The van der Waals surface area contributed by atoms with Crippen molar-refractivity contribution < 1.29 is 18.0 Å². The summed E-state index contributed by atoms with van der Waals surface area (Å²) in [6.45, 7) is 9.11. The first kappa shape index (κ1) is 30.9. The molecule has 1 N–H and O–H groups in total. The highest BCUT2D eigenvalue weighted by Crippen LogP contribution is 2.27. The van der Waals surface area contributed by atoms with E-state index < -0.39 is 28.7 Å². The van der Waals surface area contributed by atoms with Crippen molar-refractivity contribution in [1.82, 2.24) is 14.5 Å². The lowest BCUT2D eigenvalue weighted by Gasteiger charge is -2.33. The van der Waals surface area contributed by atoms with Crippen molar-refractivity contribution in [3.05, 3.63) is 63.1 Å². The van der Waals surface area contributed by atoms with Gasteiger partial charge in [-0.2, -0.15) is 12.7 Å². The normalized spacial score (nSPS) is 12.5. The molecular formula is C26H36Cl2N4O4S. The number of rotatable bonds is 11. The first-order valence-electron chi connectivity index (χ1n) is 11.9. The molecule has 8 nitrogen and oxygen atoms in total. The Balaban J connectivity index is 2.52. The molecule has 2 aromatic rings. The van der Waals surface area contributed by atoms with Crippen LogP contribution in [0, 0.1) is 19.8 Å². The topological polar surface area (TPSA) is 90.0 Å². The van der Waals surface area contributed by atoms with Gasteiger partial charge in [-0.25, -0.2) is 4.31 Å². The molecular weight excluding hydrogens is 535 g/mol. The van der Waals surface area contributed by atoms with Gasteiger partial charge >= 0.3 is 10.2 Å². The zero-order valence-electron chi connectivity index (χ0n) is 22.4. The highest BCUT2D eigenvalue weighted by molar-refractivity contribution is 7.90. The number of carbonyl (C=O) groups excluding carboxylic acids is 2. The number of anilines is 1. The third-order valence-corrected chi connectivity index (χ3v) is 8.25. The lowest BCUT2D eigenvalue weighted by molar-refractivity contribution is -0.139. The van der Waals surface area contributed by atoms with Crippen LogP contribution in [0.1, 0.15) is 37.5 Å². The number of halogens is 2. The lowest BCUT2D eigenvalue weighted by Crippen LogP contribution is -2.52. The summed E-state index contributed by atoms with van der Waals surface area (Å²) < 4.78 is 28.8. The molecule has 11 heteroatoms. The number of hydrogen-bond acceptors (Lipinski definition) is 4. The van der Waals surface area contributed by atoms with Gasteiger partial charge in [-0.15, -0.1) is 0 Å². The molecule has 0 saturated heterocycles. The molecule has 1 atom stereocenters. The van der Waals surface area contributed by atoms with Gasteiger partial charge in [-0.3, -0.25) is 9.59 Å². The number of amides is 2. The van der Waals surface area contributed by atoms with E-state index >= 15 is 0 Å². The SMILES string of the molecule is Cc1ccc(C)c(N(CC(=O)N(Cc2ccc(Cl)cc2Cl)[C@@H](C)C(=O)NCC(C)C)S(=O)(=O)N(C)C)c1. The monoisotopic (exact) mass is 570 g/mol. The van der Waals surface area contributed by atoms with Crippen LogP contribution >= 0.6 is 23.2 Å². The van der Waals surface area contributed by atoms with Gasteiger partial charge in [0.05, 0.1) is 5.69 Å². The summed E-state index contributed by atoms with van der Waals surface area (Å²) in [4.78, 5) is 28.1. The van der Waals surface area contributed by atoms with Crippen LogP contribution in [0.4, 0.5) is 5.69 Å². The predicted octanol–water partition coefficient (Wildman–Crippen LogP) is 4.41. The zero-order valence-corrected chi connectivity index (χ0v) is 24.7. The maximum Gasteiger partial charge on any atom is 0.304 e. The van der Waals surface area contributed by atoms with Crippen LogP contribution in [0.5, 0.6) is 0 Å².